The molecule has 23 heavy (non-hydrogen) atoms. The molecule has 0 atom stereocenters. The van der Waals surface area contributed by atoms with Crippen LogP contribution in [0.2, 0.25) is 0 Å². The number of pyridine rings is 1. The molecule has 5 heteroatoms. The van der Waals surface area contributed by atoms with Gasteiger partial charge in [0.2, 0.25) is 0 Å². The van der Waals surface area contributed by atoms with Gasteiger partial charge >= 0.3 is 0 Å². The van der Waals surface area contributed by atoms with Crippen molar-refractivity contribution in [1.29, 1.82) is 0 Å². The third-order valence-electron chi connectivity index (χ3n) is 3.33. The number of aromatic nitrogens is 1. The molecular formula is C18H20N2O3. The highest BCUT2D eigenvalue weighted by Crippen LogP contribution is 2.13. The molecule has 1 aromatic heterocycles. The summed E-state index contributed by atoms with van der Waals surface area (Å²) in [4.78, 5) is 27.3. The van der Waals surface area contributed by atoms with Crippen LogP contribution in [-0.4, -0.2) is 29.8 Å². The van der Waals surface area contributed by atoms with Gasteiger partial charge in [0.25, 0.3) is 5.91 Å². The van der Waals surface area contributed by atoms with Gasteiger partial charge in [-0.2, -0.15) is 0 Å². The average molecular weight is 312 g/mol. The Hall–Kier alpha value is -2.69. The lowest BCUT2D eigenvalue weighted by molar-refractivity contribution is -0.123. The van der Waals surface area contributed by atoms with Crippen molar-refractivity contribution in [1.82, 2.24) is 10.3 Å². The quantitative estimate of drug-likeness (QED) is 0.760. The van der Waals surface area contributed by atoms with Crippen molar-refractivity contribution in [3.8, 4) is 5.75 Å². The third kappa shape index (κ3) is 5.54. The summed E-state index contributed by atoms with van der Waals surface area (Å²) < 4.78 is 5.40. The number of benzene rings is 1. The maximum atomic E-state index is 11.7. The van der Waals surface area contributed by atoms with Crippen LogP contribution in [0, 0.1) is 0 Å². The average Bonchev–Trinajstić information content (AvgIpc) is 2.60. The molecule has 0 bridgehead atoms. The van der Waals surface area contributed by atoms with Crippen LogP contribution in [0.4, 0.5) is 0 Å². The van der Waals surface area contributed by atoms with Crippen LogP contribution in [-0.2, 0) is 11.2 Å². The molecule has 2 rings (SSSR count). The first-order chi connectivity index (χ1) is 11.2. The fraction of sp³-hybridized carbons (Fsp3) is 0.278. The van der Waals surface area contributed by atoms with E-state index in [1.807, 2.05) is 19.1 Å². The minimum absolute atomic E-state index is 0.0475. The van der Waals surface area contributed by atoms with Crippen molar-refractivity contribution in [3.63, 3.8) is 0 Å². The summed E-state index contributed by atoms with van der Waals surface area (Å²) in [5.74, 6) is 0.479. The Morgan fingerprint density at radius 2 is 1.96 bits per heavy atom. The molecule has 1 heterocycles. The molecule has 120 valence electrons. The summed E-state index contributed by atoms with van der Waals surface area (Å²) in [6, 6.07) is 10.7. The number of hydrogen-bond donors (Lipinski definition) is 1. The van der Waals surface area contributed by atoms with E-state index in [9.17, 15) is 9.59 Å². The second-order valence-electron chi connectivity index (χ2n) is 5.05. The van der Waals surface area contributed by atoms with E-state index in [1.54, 1.807) is 36.7 Å². The van der Waals surface area contributed by atoms with Crippen molar-refractivity contribution in [2.45, 2.75) is 19.8 Å². The Labute approximate surface area is 135 Å². The number of carbonyl (C=O) groups is 2. The fourth-order valence-corrected chi connectivity index (χ4v) is 2.03. The van der Waals surface area contributed by atoms with Crippen molar-refractivity contribution in [2.24, 2.45) is 0 Å². The lowest BCUT2D eigenvalue weighted by Crippen LogP contribution is -2.30. The Balaban J connectivity index is 1.70. The van der Waals surface area contributed by atoms with Crippen LogP contribution in [0.25, 0.3) is 0 Å². The highest BCUT2D eigenvalue weighted by atomic mass is 16.5. The van der Waals surface area contributed by atoms with Crippen molar-refractivity contribution in [3.05, 3.63) is 59.9 Å². The SMILES string of the molecule is CCC(=O)c1ccc(OCC(=O)NCCc2cccnc2)cc1. The monoisotopic (exact) mass is 312 g/mol. The number of ketones is 1. The molecule has 1 amide bonds. The number of rotatable bonds is 8. The summed E-state index contributed by atoms with van der Waals surface area (Å²) in [5.41, 5.74) is 1.73. The zero-order valence-electron chi connectivity index (χ0n) is 13.1. The molecule has 2 aromatic rings. The molecule has 0 saturated heterocycles. The topological polar surface area (TPSA) is 68.3 Å². The van der Waals surface area contributed by atoms with Gasteiger partial charge in [-0.1, -0.05) is 13.0 Å². The fourth-order valence-electron chi connectivity index (χ4n) is 2.03. The number of ether oxygens (including phenoxy) is 1. The molecule has 0 aliphatic carbocycles. The van der Waals surface area contributed by atoms with Gasteiger partial charge in [-0.3, -0.25) is 14.6 Å². The van der Waals surface area contributed by atoms with Gasteiger partial charge in [0.1, 0.15) is 5.75 Å². The van der Waals surface area contributed by atoms with Crippen LogP contribution in [0.5, 0.6) is 5.75 Å². The molecular weight excluding hydrogens is 292 g/mol. The maximum absolute atomic E-state index is 11.7. The number of nitrogens with zero attached hydrogens (tertiary/aromatic N) is 1. The van der Waals surface area contributed by atoms with Gasteiger partial charge in [0.15, 0.2) is 12.4 Å². The summed E-state index contributed by atoms with van der Waals surface area (Å²) in [7, 11) is 0. The van der Waals surface area contributed by atoms with Gasteiger partial charge in [0, 0.05) is 30.9 Å². The van der Waals surface area contributed by atoms with E-state index < -0.39 is 0 Å². The third-order valence-corrected chi connectivity index (χ3v) is 3.33. The first kappa shape index (κ1) is 16.7. The molecule has 0 radical (unpaired) electrons. The smallest absolute Gasteiger partial charge is 0.257 e. The van der Waals surface area contributed by atoms with E-state index in [1.165, 1.54) is 0 Å². The van der Waals surface area contributed by atoms with Gasteiger partial charge in [-0.15, -0.1) is 0 Å². The molecule has 1 N–H and O–H groups in total. The van der Waals surface area contributed by atoms with E-state index in [0.717, 1.165) is 12.0 Å². The molecule has 0 aliphatic rings. The first-order valence-corrected chi connectivity index (χ1v) is 7.60. The lowest BCUT2D eigenvalue weighted by Gasteiger charge is -2.08. The largest absolute Gasteiger partial charge is 0.484 e. The van der Waals surface area contributed by atoms with E-state index in [4.69, 9.17) is 4.74 Å². The Morgan fingerprint density at radius 1 is 1.17 bits per heavy atom. The van der Waals surface area contributed by atoms with Gasteiger partial charge in [-0.05, 0) is 42.3 Å². The summed E-state index contributed by atoms with van der Waals surface area (Å²) in [6.07, 6.45) is 4.70. The van der Waals surface area contributed by atoms with Crippen molar-refractivity contribution in [2.75, 3.05) is 13.2 Å². The number of Topliss-reactive ketones (excluding diaryl/α,β-unsaturated/α-hetero) is 1. The normalized spacial score (nSPS) is 10.1. The molecule has 0 aliphatic heterocycles. The minimum atomic E-state index is -0.178. The second kappa shape index (κ2) is 8.68. The Kier molecular flexibility index (Phi) is 6.29. The highest BCUT2D eigenvalue weighted by Gasteiger charge is 2.05. The van der Waals surface area contributed by atoms with Crippen molar-refractivity contribution >= 4 is 11.7 Å². The molecule has 0 unspecified atom stereocenters. The van der Waals surface area contributed by atoms with E-state index >= 15 is 0 Å². The lowest BCUT2D eigenvalue weighted by atomic mass is 10.1. The van der Waals surface area contributed by atoms with Crippen LogP contribution < -0.4 is 10.1 Å². The van der Waals surface area contributed by atoms with Gasteiger partial charge in [0.05, 0.1) is 0 Å². The number of amides is 1. The zero-order chi connectivity index (χ0) is 16.5. The predicted molar refractivity (Wildman–Crippen MR) is 87.5 cm³/mol. The standard InChI is InChI=1S/C18H20N2O3/c1-2-17(21)15-5-7-16(8-6-15)23-13-18(22)20-11-9-14-4-3-10-19-12-14/h3-8,10,12H,2,9,11,13H2,1H3,(H,20,22). The number of hydrogen-bond acceptors (Lipinski definition) is 4. The Bertz CT molecular complexity index is 639. The van der Waals surface area contributed by atoms with Crippen LogP contribution in [0.15, 0.2) is 48.8 Å². The summed E-state index contributed by atoms with van der Waals surface area (Å²) >= 11 is 0. The second-order valence-corrected chi connectivity index (χ2v) is 5.05. The van der Waals surface area contributed by atoms with E-state index in [2.05, 4.69) is 10.3 Å². The van der Waals surface area contributed by atoms with E-state index in [-0.39, 0.29) is 18.3 Å². The van der Waals surface area contributed by atoms with Crippen molar-refractivity contribution < 1.29 is 14.3 Å². The Morgan fingerprint density at radius 3 is 2.61 bits per heavy atom. The molecule has 1 aromatic carbocycles. The molecule has 0 saturated carbocycles. The predicted octanol–water partition coefficient (Wildman–Crippen LogP) is 2.41. The van der Waals surface area contributed by atoms with Crippen LogP contribution in [0.1, 0.15) is 29.3 Å². The summed E-state index contributed by atoms with van der Waals surface area (Å²) in [5, 5.41) is 2.79. The van der Waals surface area contributed by atoms with Gasteiger partial charge in [-0.25, -0.2) is 0 Å². The summed E-state index contributed by atoms with van der Waals surface area (Å²) in [6.45, 7) is 2.31. The van der Waals surface area contributed by atoms with Crippen LogP contribution in [0.3, 0.4) is 0 Å². The zero-order valence-corrected chi connectivity index (χ0v) is 13.1. The van der Waals surface area contributed by atoms with Gasteiger partial charge < -0.3 is 10.1 Å². The first-order valence-electron chi connectivity index (χ1n) is 7.60. The number of nitrogens with one attached hydrogen (secondary N) is 1. The minimum Gasteiger partial charge on any atom is -0.484 e. The van der Waals surface area contributed by atoms with Crippen LogP contribution >= 0.6 is 0 Å². The molecule has 0 spiro atoms. The maximum Gasteiger partial charge on any atom is 0.257 e. The molecule has 5 nitrogen and oxygen atoms in total. The number of carbonyl (C=O) groups excluding carboxylic acids is 2. The van der Waals surface area contributed by atoms with E-state index in [0.29, 0.717) is 24.3 Å². The molecule has 0 fully saturated rings. The highest BCUT2D eigenvalue weighted by molar-refractivity contribution is 5.95.